The number of benzene rings is 2. The molecule has 0 bridgehead atoms. The molecule has 0 spiro atoms. The fourth-order valence-corrected chi connectivity index (χ4v) is 3.69. The largest absolute Gasteiger partial charge is 0.326 e. The van der Waals surface area contributed by atoms with Gasteiger partial charge in [-0.1, -0.05) is 73.2 Å². The predicted octanol–water partition coefficient (Wildman–Crippen LogP) is 4.61. The summed E-state index contributed by atoms with van der Waals surface area (Å²) >= 11 is 1.29. The molecule has 0 radical (unpaired) electrons. The number of carbonyl (C=O) groups is 2. The van der Waals surface area contributed by atoms with E-state index in [1.54, 1.807) is 0 Å². The minimum atomic E-state index is -0.722. The van der Waals surface area contributed by atoms with Gasteiger partial charge < -0.3 is 10.6 Å². The van der Waals surface area contributed by atoms with Crippen LogP contribution in [0, 0.1) is 19.8 Å². The number of aryl methyl sites for hydroxylation is 2. The van der Waals surface area contributed by atoms with Gasteiger partial charge >= 0.3 is 6.03 Å². The van der Waals surface area contributed by atoms with Crippen LogP contribution in [0.15, 0.2) is 48.5 Å². The Bertz CT molecular complexity index is 1030. The van der Waals surface area contributed by atoms with Crippen molar-refractivity contribution in [3.05, 3.63) is 59.7 Å². The van der Waals surface area contributed by atoms with E-state index in [2.05, 4.69) is 26.1 Å². The predicted molar refractivity (Wildman–Crippen MR) is 121 cm³/mol. The van der Waals surface area contributed by atoms with E-state index in [-0.39, 0.29) is 11.8 Å². The van der Waals surface area contributed by atoms with E-state index in [0.29, 0.717) is 15.8 Å². The fraction of sp³-hybridized carbons (Fsp3) is 0.273. The number of anilines is 2. The van der Waals surface area contributed by atoms with Gasteiger partial charge in [-0.2, -0.15) is 0 Å². The van der Waals surface area contributed by atoms with E-state index in [0.717, 1.165) is 16.7 Å². The van der Waals surface area contributed by atoms with Gasteiger partial charge in [0, 0.05) is 11.3 Å². The third-order valence-electron chi connectivity index (χ3n) is 4.54. The molecular formula is C22H25N5O2S. The van der Waals surface area contributed by atoms with Gasteiger partial charge in [-0.3, -0.25) is 10.1 Å². The summed E-state index contributed by atoms with van der Waals surface area (Å²) < 4.78 is 0. The molecule has 8 heteroatoms. The topological polar surface area (TPSA) is 96.0 Å². The van der Waals surface area contributed by atoms with Gasteiger partial charge in [0.05, 0.1) is 0 Å². The number of carbonyl (C=O) groups excluding carboxylic acids is 2. The SMILES string of the molecule is Cc1ccc(NC(=O)NC(C(=O)Nc2nnc(-c3ccccc3)s2)C(C)C)c(C)c1. The second-order valence-corrected chi connectivity index (χ2v) is 8.38. The van der Waals surface area contributed by atoms with Crippen LogP contribution in [0.2, 0.25) is 0 Å². The molecule has 0 aliphatic heterocycles. The van der Waals surface area contributed by atoms with Gasteiger partial charge in [-0.25, -0.2) is 4.79 Å². The molecule has 3 rings (SSSR count). The van der Waals surface area contributed by atoms with E-state index in [1.165, 1.54) is 11.3 Å². The average molecular weight is 424 g/mol. The maximum absolute atomic E-state index is 12.8. The third-order valence-corrected chi connectivity index (χ3v) is 5.43. The molecule has 3 aromatic rings. The molecule has 0 fully saturated rings. The third kappa shape index (κ3) is 5.42. The first-order chi connectivity index (χ1) is 14.3. The highest BCUT2D eigenvalue weighted by Crippen LogP contribution is 2.26. The van der Waals surface area contributed by atoms with Crippen LogP contribution < -0.4 is 16.0 Å². The normalized spacial score (nSPS) is 11.8. The van der Waals surface area contributed by atoms with Crippen molar-refractivity contribution in [2.75, 3.05) is 10.6 Å². The zero-order valence-corrected chi connectivity index (χ0v) is 18.2. The van der Waals surface area contributed by atoms with Crippen molar-refractivity contribution < 1.29 is 9.59 Å². The number of nitrogens with zero attached hydrogens (tertiary/aromatic N) is 2. The van der Waals surface area contributed by atoms with Crippen molar-refractivity contribution in [2.24, 2.45) is 5.92 Å². The minimum Gasteiger partial charge on any atom is -0.326 e. The molecule has 2 aromatic carbocycles. The molecule has 0 saturated carbocycles. The lowest BCUT2D eigenvalue weighted by molar-refractivity contribution is -0.118. The lowest BCUT2D eigenvalue weighted by Crippen LogP contribution is -2.48. The highest BCUT2D eigenvalue weighted by Gasteiger charge is 2.25. The van der Waals surface area contributed by atoms with Crippen LogP contribution in [-0.2, 0) is 4.79 Å². The monoisotopic (exact) mass is 423 g/mol. The van der Waals surface area contributed by atoms with Gasteiger partial charge in [0.2, 0.25) is 11.0 Å². The van der Waals surface area contributed by atoms with Crippen molar-refractivity contribution >= 4 is 34.1 Å². The van der Waals surface area contributed by atoms with Gasteiger partial charge in [0.25, 0.3) is 0 Å². The van der Waals surface area contributed by atoms with Crippen LogP contribution in [-0.4, -0.2) is 28.2 Å². The summed E-state index contributed by atoms with van der Waals surface area (Å²) in [4.78, 5) is 25.3. The Hall–Kier alpha value is -3.26. The van der Waals surface area contributed by atoms with E-state index in [1.807, 2.05) is 76.2 Å². The standard InChI is InChI=1S/C22H25N5O2S/c1-13(2)18(24-21(29)23-17-11-10-14(3)12-15(17)4)19(28)25-22-27-26-20(30-22)16-8-6-5-7-9-16/h5-13,18H,1-4H3,(H2,23,24,29)(H,25,27,28). The highest BCUT2D eigenvalue weighted by atomic mass is 32.1. The van der Waals surface area contributed by atoms with Gasteiger partial charge in [-0.15, -0.1) is 10.2 Å². The molecule has 1 heterocycles. The average Bonchev–Trinajstić information content (AvgIpc) is 3.17. The number of urea groups is 1. The van der Waals surface area contributed by atoms with Gasteiger partial charge in [0.15, 0.2) is 0 Å². The first kappa shape index (κ1) is 21.4. The van der Waals surface area contributed by atoms with Crippen molar-refractivity contribution in [3.63, 3.8) is 0 Å². The zero-order chi connectivity index (χ0) is 21.7. The second kappa shape index (κ2) is 9.49. The smallest absolute Gasteiger partial charge is 0.319 e. The van der Waals surface area contributed by atoms with Crippen LogP contribution in [0.4, 0.5) is 15.6 Å². The molecule has 3 amide bonds. The molecule has 1 aromatic heterocycles. The Balaban J connectivity index is 1.65. The van der Waals surface area contributed by atoms with Crippen molar-refractivity contribution in [2.45, 2.75) is 33.7 Å². The molecule has 1 unspecified atom stereocenters. The van der Waals surface area contributed by atoms with E-state index in [4.69, 9.17) is 0 Å². The van der Waals surface area contributed by atoms with E-state index >= 15 is 0 Å². The summed E-state index contributed by atoms with van der Waals surface area (Å²) in [7, 11) is 0. The van der Waals surface area contributed by atoms with Crippen LogP contribution in [0.5, 0.6) is 0 Å². The molecule has 0 saturated heterocycles. The van der Waals surface area contributed by atoms with Crippen LogP contribution in [0.3, 0.4) is 0 Å². The highest BCUT2D eigenvalue weighted by molar-refractivity contribution is 7.18. The lowest BCUT2D eigenvalue weighted by atomic mass is 10.0. The molecule has 3 N–H and O–H groups in total. The van der Waals surface area contributed by atoms with E-state index < -0.39 is 12.1 Å². The Morgan fingerprint density at radius 1 is 0.967 bits per heavy atom. The first-order valence-electron chi connectivity index (χ1n) is 9.68. The summed E-state index contributed by atoms with van der Waals surface area (Å²) in [5, 5.41) is 17.6. The summed E-state index contributed by atoms with van der Waals surface area (Å²) in [5.74, 6) is -0.451. The molecule has 156 valence electrons. The molecule has 30 heavy (non-hydrogen) atoms. The maximum atomic E-state index is 12.8. The number of nitrogens with one attached hydrogen (secondary N) is 3. The lowest BCUT2D eigenvalue weighted by Gasteiger charge is -2.21. The summed E-state index contributed by atoms with van der Waals surface area (Å²) in [6, 6.07) is 14.2. The van der Waals surface area contributed by atoms with Gasteiger partial charge in [-0.05, 0) is 31.4 Å². The van der Waals surface area contributed by atoms with Crippen molar-refractivity contribution in [1.29, 1.82) is 0 Å². The molecule has 1 atom stereocenters. The van der Waals surface area contributed by atoms with Crippen LogP contribution in [0.1, 0.15) is 25.0 Å². The quantitative estimate of drug-likeness (QED) is 0.540. The van der Waals surface area contributed by atoms with Crippen molar-refractivity contribution in [1.82, 2.24) is 15.5 Å². The Morgan fingerprint density at radius 2 is 1.70 bits per heavy atom. The molecule has 0 aliphatic carbocycles. The molecule has 0 aliphatic rings. The number of aromatic nitrogens is 2. The Labute approximate surface area is 179 Å². The van der Waals surface area contributed by atoms with E-state index in [9.17, 15) is 9.59 Å². The van der Waals surface area contributed by atoms with Crippen LogP contribution >= 0.6 is 11.3 Å². The molecular weight excluding hydrogens is 398 g/mol. The number of hydrogen-bond donors (Lipinski definition) is 3. The summed E-state index contributed by atoms with van der Waals surface area (Å²) in [6.45, 7) is 7.66. The Morgan fingerprint density at radius 3 is 2.37 bits per heavy atom. The second-order valence-electron chi connectivity index (χ2n) is 7.41. The molecule has 7 nitrogen and oxygen atoms in total. The fourth-order valence-electron chi connectivity index (χ4n) is 2.94. The number of hydrogen-bond acceptors (Lipinski definition) is 5. The Kier molecular flexibility index (Phi) is 6.79. The summed E-state index contributed by atoms with van der Waals surface area (Å²) in [6.07, 6.45) is 0. The van der Waals surface area contributed by atoms with Crippen LogP contribution in [0.25, 0.3) is 10.6 Å². The van der Waals surface area contributed by atoms with Crippen molar-refractivity contribution in [3.8, 4) is 10.6 Å². The first-order valence-corrected chi connectivity index (χ1v) is 10.5. The summed E-state index contributed by atoms with van der Waals surface area (Å²) in [5.41, 5.74) is 3.71. The number of rotatable bonds is 6. The van der Waals surface area contributed by atoms with Gasteiger partial charge in [0.1, 0.15) is 11.0 Å². The number of amides is 3. The minimum absolute atomic E-state index is 0.114. The zero-order valence-electron chi connectivity index (χ0n) is 17.4. The maximum Gasteiger partial charge on any atom is 0.319 e.